The third kappa shape index (κ3) is 2.83. The summed E-state index contributed by atoms with van der Waals surface area (Å²) in [6.45, 7) is 6.05. The number of nitrogens with zero attached hydrogens (tertiary/aromatic N) is 2. The van der Waals surface area contributed by atoms with Gasteiger partial charge in [-0.1, -0.05) is 35.3 Å². The molecule has 1 atom stereocenters. The van der Waals surface area contributed by atoms with E-state index in [2.05, 4.69) is 10.5 Å². The van der Waals surface area contributed by atoms with Gasteiger partial charge in [0.25, 0.3) is 0 Å². The monoisotopic (exact) mass is 312 g/mol. The van der Waals surface area contributed by atoms with E-state index in [1.165, 1.54) is 0 Å². The van der Waals surface area contributed by atoms with Crippen LogP contribution in [-0.4, -0.2) is 9.78 Å². The van der Waals surface area contributed by atoms with E-state index in [-0.39, 0.29) is 12.1 Å². The molecule has 0 saturated heterocycles. The Morgan fingerprint density at radius 3 is 2.50 bits per heavy atom. The molecule has 0 amide bonds. The van der Waals surface area contributed by atoms with Gasteiger partial charge in [0.2, 0.25) is 0 Å². The molecule has 1 heterocycles. The highest BCUT2D eigenvalue weighted by atomic mass is 35.5. The number of hydrazine groups is 1. The molecule has 108 valence electrons. The predicted octanol–water partition coefficient (Wildman–Crippen LogP) is 3.63. The van der Waals surface area contributed by atoms with Crippen molar-refractivity contribution in [1.82, 2.24) is 15.2 Å². The molecule has 20 heavy (non-hydrogen) atoms. The summed E-state index contributed by atoms with van der Waals surface area (Å²) in [5.74, 6) is 5.73. The summed E-state index contributed by atoms with van der Waals surface area (Å²) in [4.78, 5) is 0. The van der Waals surface area contributed by atoms with Crippen molar-refractivity contribution in [1.29, 1.82) is 0 Å². The SMILES string of the molecule is Cc1ccc(C(NN)c2c(Cl)cnn2C(C)C)cc1Cl. The maximum absolute atomic E-state index is 6.27. The molecule has 0 saturated carbocycles. The van der Waals surface area contributed by atoms with Crippen LogP contribution in [0.1, 0.15) is 42.8 Å². The lowest BCUT2D eigenvalue weighted by atomic mass is 10.0. The second-order valence-corrected chi connectivity index (χ2v) is 5.84. The third-order valence-corrected chi connectivity index (χ3v) is 3.94. The highest BCUT2D eigenvalue weighted by molar-refractivity contribution is 6.31. The molecule has 0 aliphatic carbocycles. The molecule has 1 aromatic carbocycles. The number of rotatable bonds is 4. The standard InChI is InChI=1S/C14H18Cl2N4/c1-8(2)20-14(12(16)7-18-20)13(19-17)10-5-4-9(3)11(15)6-10/h4-8,13,19H,17H2,1-3H3. The van der Waals surface area contributed by atoms with Crippen molar-refractivity contribution in [3.05, 3.63) is 51.3 Å². The van der Waals surface area contributed by atoms with Crippen LogP contribution in [0.4, 0.5) is 0 Å². The van der Waals surface area contributed by atoms with Crippen LogP contribution in [0, 0.1) is 6.92 Å². The van der Waals surface area contributed by atoms with Crippen molar-refractivity contribution >= 4 is 23.2 Å². The van der Waals surface area contributed by atoms with Crippen molar-refractivity contribution in [2.75, 3.05) is 0 Å². The Hall–Kier alpha value is -1.07. The Morgan fingerprint density at radius 2 is 1.95 bits per heavy atom. The topological polar surface area (TPSA) is 55.9 Å². The van der Waals surface area contributed by atoms with E-state index in [9.17, 15) is 0 Å². The summed E-state index contributed by atoms with van der Waals surface area (Å²) in [6.07, 6.45) is 1.64. The number of benzene rings is 1. The van der Waals surface area contributed by atoms with Crippen LogP contribution >= 0.6 is 23.2 Å². The molecule has 0 spiro atoms. The van der Waals surface area contributed by atoms with Crippen LogP contribution in [0.25, 0.3) is 0 Å². The number of nitrogens with two attached hydrogens (primary N) is 1. The van der Waals surface area contributed by atoms with Gasteiger partial charge in [0.15, 0.2) is 0 Å². The van der Waals surface area contributed by atoms with Crippen LogP contribution in [0.3, 0.4) is 0 Å². The molecule has 0 radical (unpaired) electrons. The minimum absolute atomic E-state index is 0.189. The number of nitrogens with one attached hydrogen (secondary N) is 1. The van der Waals surface area contributed by atoms with Crippen molar-refractivity contribution < 1.29 is 0 Å². The lowest BCUT2D eigenvalue weighted by Crippen LogP contribution is -2.31. The second kappa shape index (κ2) is 6.14. The number of aryl methyl sites for hydroxylation is 1. The average Bonchev–Trinajstić information content (AvgIpc) is 2.77. The fraction of sp³-hybridized carbons (Fsp3) is 0.357. The molecule has 6 heteroatoms. The van der Waals surface area contributed by atoms with Crippen LogP contribution in [0.5, 0.6) is 0 Å². The van der Waals surface area contributed by atoms with Crippen molar-refractivity contribution in [3.8, 4) is 0 Å². The summed E-state index contributed by atoms with van der Waals surface area (Å²) in [6, 6.07) is 5.78. The van der Waals surface area contributed by atoms with Gasteiger partial charge < -0.3 is 0 Å². The van der Waals surface area contributed by atoms with E-state index >= 15 is 0 Å². The molecule has 3 N–H and O–H groups in total. The number of hydrogen-bond donors (Lipinski definition) is 2. The van der Waals surface area contributed by atoms with Gasteiger partial charge >= 0.3 is 0 Å². The largest absolute Gasteiger partial charge is 0.271 e. The van der Waals surface area contributed by atoms with Crippen molar-refractivity contribution in [3.63, 3.8) is 0 Å². The number of halogens is 2. The Balaban J connectivity index is 2.52. The quantitative estimate of drug-likeness (QED) is 0.669. The van der Waals surface area contributed by atoms with Gasteiger partial charge in [0.1, 0.15) is 0 Å². The van der Waals surface area contributed by atoms with Crippen LogP contribution < -0.4 is 11.3 Å². The zero-order valence-electron chi connectivity index (χ0n) is 11.7. The van der Waals surface area contributed by atoms with E-state index in [1.54, 1.807) is 6.20 Å². The van der Waals surface area contributed by atoms with Gasteiger partial charge in [-0.15, -0.1) is 0 Å². The average molecular weight is 313 g/mol. The van der Waals surface area contributed by atoms with Gasteiger partial charge in [-0.2, -0.15) is 5.10 Å². The Bertz CT molecular complexity index is 607. The zero-order valence-corrected chi connectivity index (χ0v) is 13.2. The Morgan fingerprint density at radius 1 is 1.25 bits per heavy atom. The Labute approximate surface area is 128 Å². The smallest absolute Gasteiger partial charge is 0.0894 e. The third-order valence-electron chi connectivity index (χ3n) is 3.25. The number of hydrogen-bond acceptors (Lipinski definition) is 3. The van der Waals surface area contributed by atoms with E-state index in [4.69, 9.17) is 29.0 Å². The van der Waals surface area contributed by atoms with Crippen LogP contribution in [-0.2, 0) is 0 Å². The van der Waals surface area contributed by atoms with E-state index < -0.39 is 0 Å². The van der Waals surface area contributed by atoms with Gasteiger partial charge in [0, 0.05) is 11.1 Å². The molecule has 0 fully saturated rings. The van der Waals surface area contributed by atoms with E-state index in [1.807, 2.05) is 43.7 Å². The van der Waals surface area contributed by atoms with Gasteiger partial charge in [-0.25, -0.2) is 5.43 Å². The molecule has 2 aromatic rings. The first-order chi connectivity index (χ1) is 9.45. The summed E-state index contributed by atoms with van der Waals surface area (Å²) < 4.78 is 1.86. The van der Waals surface area contributed by atoms with Gasteiger partial charge in [0.05, 0.1) is 23.0 Å². The molecule has 4 nitrogen and oxygen atoms in total. The summed E-state index contributed by atoms with van der Waals surface area (Å²) in [5.41, 5.74) is 5.61. The summed E-state index contributed by atoms with van der Waals surface area (Å²) in [5, 5.41) is 5.59. The maximum Gasteiger partial charge on any atom is 0.0894 e. The Kier molecular flexibility index (Phi) is 4.70. The molecular weight excluding hydrogens is 295 g/mol. The molecule has 2 rings (SSSR count). The molecule has 1 aromatic heterocycles. The molecule has 0 aliphatic rings. The second-order valence-electron chi connectivity index (χ2n) is 5.02. The minimum atomic E-state index is -0.259. The molecule has 0 bridgehead atoms. The number of aromatic nitrogens is 2. The highest BCUT2D eigenvalue weighted by Gasteiger charge is 2.22. The highest BCUT2D eigenvalue weighted by Crippen LogP contribution is 2.31. The normalized spacial score (nSPS) is 12.9. The zero-order chi connectivity index (χ0) is 14.9. The lowest BCUT2D eigenvalue weighted by molar-refractivity contribution is 0.476. The van der Waals surface area contributed by atoms with Crippen molar-refractivity contribution in [2.24, 2.45) is 5.84 Å². The predicted molar refractivity (Wildman–Crippen MR) is 83.0 cm³/mol. The molecule has 1 unspecified atom stereocenters. The van der Waals surface area contributed by atoms with E-state index in [0.29, 0.717) is 10.0 Å². The first-order valence-electron chi connectivity index (χ1n) is 6.40. The summed E-state index contributed by atoms with van der Waals surface area (Å²) >= 11 is 12.5. The van der Waals surface area contributed by atoms with Crippen molar-refractivity contribution in [2.45, 2.75) is 32.9 Å². The maximum atomic E-state index is 6.27. The fourth-order valence-corrected chi connectivity index (χ4v) is 2.58. The van der Waals surface area contributed by atoms with Crippen LogP contribution in [0.15, 0.2) is 24.4 Å². The molecular formula is C14H18Cl2N4. The minimum Gasteiger partial charge on any atom is -0.271 e. The van der Waals surface area contributed by atoms with Gasteiger partial charge in [-0.3, -0.25) is 10.5 Å². The van der Waals surface area contributed by atoms with Crippen LogP contribution in [0.2, 0.25) is 10.0 Å². The van der Waals surface area contributed by atoms with Gasteiger partial charge in [-0.05, 0) is 38.0 Å². The summed E-state index contributed by atoms with van der Waals surface area (Å²) in [7, 11) is 0. The fourth-order valence-electron chi connectivity index (χ4n) is 2.15. The first kappa shape index (κ1) is 15.3. The molecule has 0 aliphatic heterocycles. The first-order valence-corrected chi connectivity index (χ1v) is 7.16. The van der Waals surface area contributed by atoms with E-state index in [0.717, 1.165) is 16.8 Å². The lowest BCUT2D eigenvalue weighted by Gasteiger charge is -2.21.